The molecule has 0 amide bonds. The Morgan fingerprint density at radius 1 is 1.11 bits per heavy atom. The molecular weight excluding hydrogens is 268 g/mol. The van der Waals surface area contributed by atoms with Crippen molar-refractivity contribution >= 4 is 28.9 Å². The van der Waals surface area contributed by atoms with Crippen molar-refractivity contribution in [3.05, 3.63) is 29.5 Å². The Bertz CT molecular complexity index is 592. The summed E-state index contributed by atoms with van der Waals surface area (Å²) in [6.45, 7) is 0. The smallest absolute Gasteiger partial charge is 0.173 e. The normalized spacial score (nSPS) is 10.1. The van der Waals surface area contributed by atoms with Crippen LogP contribution in [0.25, 0.3) is 0 Å². The van der Waals surface area contributed by atoms with E-state index in [0.717, 1.165) is 0 Å². The number of benzene rings is 1. The molecule has 1 heterocycles. The molecule has 100 valence electrons. The van der Waals surface area contributed by atoms with Gasteiger partial charge >= 0.3 is 0 Å². The molecule has 1 aromatic carbocycles. The van der Waals surface area contributed by atoms with E-state index in [1.807, 2.05) is 0 Å². The molecule has 3 N–H and O–H groups in total. The number of nitrogens with one attached hydrogen (secondary N) is 1. The van der Waals surface area contributed by atoms with Crippen LogP contribution in [0.1, 0.15) is 0 Å². The van der Waals surface area contributed by atoms with E-state index < -0.39 is 0 Å². The number of ether oxygens (including phenoxy) is 2. The Balaban J connectivity index is 2.41. The molecule has 0 saturated heterocycles. The predicted molar refractivity (Wildman–Crippen MR) is 74.3 cm³/mol. The first-order valence-corrected chi connectivity index (χ1v) is 5.78. The van der Waals surface area contributed by atoms with Crippen molar-refractivity contribution in [2.45, 2.75) is 0 Å². The monoisotopic (exact) mass is 280 g/mol. The Kier molecular flexibility index (Phi) is 3.91. The van der Waals surface area contributed by atoms with E-state index in [-0.39, 0.29) is 0 Å². The van der Waals surface area contributed by atoms with Crippen molar-refractivity contribution in [2.24, 2.45) is 0 Å². The zero-order valence-corrected chi connectivity index (χ0v) is 11.2. The number of nitrogen functional groups attached to an aromatic ring is 1. The van der Waals surface area contributed by atoms with Crippen molar-refractivity contribution in [1.82, 2.24) is 9.97 Å². The van der Waals surface area contributed by atoms with Crippen LogP contribution in [0.2, 0.25) is 5.02 Å². The van der Waals surface area contributed by atoms with Gasteiger partial charge in [0.05, 0.1) is 24.9 Å². The van der Waals surface area contributed by atoms with Crippen molar-refractivity contribution in [3.8, 4) is 11.5 Å². The Morgan fingerprint density at radius 2 is 1.79 bits per heavy atom. The van der Waals surface area contributed by atoms with Gasteiger partial charge in [0.2, 0.25) is 0 Å². The van der Waals surface area contributed by atoms with E-state index in [9.17, 15) is 0 Å². The lowest BCUT2D eigenvalue weighted by Gasteiger charge is -2.13. The summed E-state index contributed by atoms with van der Waals surface area (Å²) in [6.07, 6.45) is 3.05. The molecular formula is C12H13ClN4O2. The summed E-state index contributed by atoms with van der Waals surface area (Å²) >= 11 is 6.03. The van der Waals surface area contributed by atoms with Gasteiger partial charge in [-0.2, -0.15) is 0 Å². The number of hydrogen-bond acceptors (Lipinski definition) is 6. The number of methoxy groups -OCH3 is 2. The highest BCUT2D eigenvalue weighted by molar-refractivity contribution is 6.32. The van der Waals surface area contributed by atoms with Gasteiger partial charge in [-0.3, -0.25) is 0 Å². The maximum atomic E-state index is 6.03. The van der Waals surface area contributed by atoms with Crippen LogP contribution in [0.4, 0.5) is 17.3 Å². The molecule has 0 saturated carbocycles. The van der Waals surface area contributed by atoms with Crippen molar-refractivity contribution in [3.63, 3.8) is 0 Å². The van der Waals surface area contributed by atoms with Gasteiger partial charge in [-0.15, -0.1) is 0 Å². The summed E-state index contributed by atoms with van der Waals surface area (Å²) in [4.78, 5) is 8.04. The fraction of sp³-hybridized carbons (Fsp3) is 0.167. The predicted octanol–water partition coefficient (Wildman–Crippen LogP) is 2.47. The van der Waals surface area contributed by atoms with Gasteiger partial charge in [-0.25, -0.2) is 9.97 Å². The molecule has 0 fully saturated rings. The summed E-state index contributed by atoms with van der Waals surface area (Å²) in [6, 6.07) is 3.35. The Labute approximate surface area is 115 Å². The van der Waals surface area contributed by atoms with Crippen LogP contribution in [0.5, 0.6) is 11.5 Å². The van der Waals surface area contributed by atoms with E-state index >= 15 is 0 Å². The van der Waals surface area contributed by atoms with Crippen LogP contribution in [-0.2, 0) is 0 Å². The lowest BCUT2D eigenvalue weighted by Crippen LogP contribution is -2.02. The highest BCUT2D eigenvalue weighted by Gasteiger charge is 2.11. The maximum Gasteiger partial charge on any atom is 0.173 e. The first kappa shape index (κ1) is 13.2. The van der Waals surface area contributed by atoms with E-state index in [0.29, 0.717) is 33.8 Å². The van der Waals surface area contributed by atoms with Crippen LogP contribution in [0.3, 0.4) is 0 Å². The highest BCUT2D eigenvalue weighted by atomic mass is 35.5. The van der Waals surface area contributed by atoms with E-state index in [4.69, 9.17) is 26.8 Å². The lowest BCUT2D eigenvalue weighted by atomic mass is 10.2. The average Bonchev–Trinajstić information content (AvgIpc) is 2.42. The zero-order valence-electron chi connectivity index (χ0n) is 10.5. The van der Waals surface area contributed by atoms with Gasteiger partial charge in [0.15, 0.2) is 11.6 Å². The number of nitrogens with two attached hydrogens (primary N) is 1. The van der Waals surface area contributed by atoms with Crippen molar-refractivity contribution < 1.29 is 9.47 Å². The topological polar surface area (TPSA) is 82.3 Å². The van der Waals surface area contributed by atoms with Crippen molar-refractivity contribution in [2.75, 3.05) is 25.3 Å². The van der Waals surface area contributed by atoms with E-state index in [1.54, 1.807) is 25.4 Å². The highest BCUT2D eigenvalue weighted by Crippen LogP contribution is 2.37. The Morgan fingerprint density at radius 3 is 2.42 bits per heavy atom. The fourth-order valence-electron chi connectivity index (χ4n) is 1.53. The van der Waals surface area contributed by atoms with Crippen LogP contribution >= 0.6 is 11.6 Å². The summed E-state index contributed by atoms with van der Waals surface area (Å²) in [5.41, 5.74) is 6.36. The Hall–Kier alpha value is -2.21. The number of hydrogen-bond donors (Lipinski definition) is 2. The van der Waals surface area contributed by atoms with Gasteiger partial charge in [-0.1, -0.05) is 11.6 Å². The number of aromatic nitrogens is 2. The minimum Gasteiger partial charge on any atom is -0.495 e. The van der Waals surface area contributed by atoms with Gasteiger partial charge in [0.25, 0.3) is 0 Å². The molecule has 0 aliphatic carbocycles. The van der Waals surface area contributed by atoms with Crippen LogP contribution in [-0.4, -0.2) is 24.2 Å². The third kappa shape index (κ3) is 2.79. The molecule has 19 heavy (non-hydrogen) atoms. The molecule has 6 nitrogen and oxygen atoms in total. The zero-order chi connectivity index (χ0) is 13.8. The largest absolute Gasteiger partial charge is 0.495 e. The molecule has 0 aliphatic heterocycles. The molecule has 0 radical (unpaired) electrons. The molecule has 7 heteroatoms. The van der Waals surface area contributed by atoms with E-state index in [2.05, 4.69) is 15.3 Å². The van der Waals surface area contributed by atoms with Gasteiger partial charge in [0, 0.05) is 24.5 Å². The maximum absolute atomic E-state index is 6.03. The second-order valence-electron chi connectivity index (χ2n) is 3.60. The summed E-state index contributed by atoms with van der Waals surface area (Å²) in [5.74, 6) is 1.80. The summed E-state index contributed by atoms with van der Waals surface area (Å²) in [5, 5.41) is 3.49. The molecule has 0 unspecified atom stereocenters. The molecule has 0 spiro atoms. The van der Waals surface area contributed by atoms with Gasteiger partial charge in [-0.05, 0) is 0 Å². The van der Waals surface area contributed by atoms with Crippen LogP contribution in [0.15, 0.2) is 24.5 Å². The number of halogens is 1. The second kappa shape index (κ2) is 5.62. The number of anilines is 3. The average molecular weight is 281 g/mol. The molecule has 0 bridgehead atoms. The van der Waals surface area contributed by atoms with Gasteiger partial charge < -0.3 is 20.5 Å². The van der Waals surface area contributed by atoms with Crippen LogP contribution in [0, 0.1) is 0 Å². The third-order valence-electron chi connectivity index (χ3n) is 2.45. The minimum atomic E-state index is 0.290. The van der Waals surface area contributed by atoms with Crippen LogP contribution < -0.4 is 20.5 Å². The first-order chi connectivity index (χ1) is 9.15. The number of nitrogens with zero attached hydrogens (tertiary/aromatic N) is 2. The summed E-state index contributed by atoms with van der Waals surface area (Å²) in [7, 11) is 3.08. The molecule has 0 atom stereocenters. The molecule has 1 aromatic heterocycles. The van der Waals surface area contributed by atoms with E-state index in [1.165, 1.54) is 13.3 Å². The molecule has 2 aromatic rings. The van der Waals surface area contributed by atoms with Gasteiger partial charge in [0.1, 0.15) is 11.5 Å². The third-order valence-corrected chi connectivity index (χ3v) is 2.75. The molecule has 0 aliphatic rings. The molecule has 2 rings (SSSR count). The lowest BCUT2D eigenvalue weighted by molar-refractivity contribution is 0.405. The standard InChI is InChI=1S/C12H13ClN4O2/c1-18-9-6-8(10(19-2)5-7(9)13)17-12-11(14)15-3-4-16-12/h3-6H,1-2H3,(H2,14,15)(H,16,17). The van der Waals surface area contributed by atoms with Crippen molar-refractivity contribution in [1.29, 1.82) is 0 Å². The fourth-order valence-corrected chi connectivity index (χ4v) is 1.76. The number of rotatable bonds is 4. The first-order valence-electron chi connectivity index (χ1n) is 5.40. The quantitative estimate of drug-likeness (QED) is 0.895. The SMILES string of the molecule is COc1cc(Nc2nccnc2N)c(OC)cc1Cl. The summed E-state index contributed by atoms with van der Waals surface area (Å²) < 4.78 is 10.4. The minimum absolute atomic E-state index is 0.290. The second-order valence-corrected chi connectivity index (χ2v) is 4.01.